The number of amides is 1. The first kappa shape index (κ1) is 14.0. The highest BCUT2D eigenvalue weighted by Gasteiger charge is 2.17. The molecule has 1 aromatic carbocycles. The Bertz CT molecular complexity index is 669. The van der Waals surface area contributed by atoms with E-state index in [1.807, 2.05) is 25.1 Å². The van der Waals surface area contributed by atoms with E-state index in [1.54, 1.807) is 12.3 Å². The summed E-state index contributed by atoms with van der Waals surface area (Å²) in [6.45, 7) is 3.05. The zero-order valence-electron chi connectivity index (χ0n) is 11.5. The van der Waals surface area contributed by atoms with E-state index in [0.29, 0.717) is 18.9 Å². The normalized spacial score (nSPS) is 14.6. The molecule has 3 rings (SSSR count). The summed E-state index contributed by atoms with van der Waals surface area (Å²) < 4.78 is 11.9. The van der Waals surface area contributed by atoms with Gasteiger partial charge in [-0.1, -0.05) is 6.07 Å². The molecule has 0 radical (unpaired) electrons. The van der Waals surface area contributed by atoms with Crippen molar-refractivity contribution in [3.63, 3.8) is 0 Å². The van der Waals surface area contributed by atoms with Crippen molar-refractivity contribution in [1.29, 1.82) is 0 Å². The average Bonchev–Trinajstić information content (AvgIpc) is 2.93. The summed E-state index contributed by atoms with van der Waals surface area (Å²) in [4.78, 5) is 15.0. The minimum Gasteiger partial charge on any atom is -0.486 e. The number of aromatic amines is 1. The number of benzene rings is 1. The average molecular weight is 351 g/mol. The smallest absolute Gasteiger partial charge is 0.268 e. The van der Waals surface area contributed by atoms with Gasteiger partial charge in [0, 0.05) is 10.7 Å². The predicted octanol–water partition coefficient (Wildman–Crippen LogP) is 3.04. The molecule has 0 saturated carbocycles. The second-order valence-corrected chi connectivity index (χ2v) is 5.75. The molecule has 1 unspecified atom stereocenters. The van der Waals surface area contributed by atoms with Gasteiger partial charge in [0.05, 0.1) is 6.04 Å². The molecule has 6 heteroatoms. The predicted molar refractivity (Wildman–Crippen MR) is 81.8 cm³/mol. The van der Waals surface area contributed by atoms with Gasteiger partial charge >= 0.3 is 0 Å². The fourth-order valence-electron chi connectivity index (χ4n) is 2.19. The second kappa shape index (κ2) is 5.81. The minimum atomic E-state index is -0.150. The van der Waals surface area contributed by atoms with E-state index in [9.17, 15) is 4.79 Å². The minimum absolute atomic E-state index is 0.129. The lowest BCUT2D eigenvalue weighted by Crippen LogP contribution is -2.27. The summed E-state index contributed by atoms with van der Waals surface area (Å²) in [6.07, 6.45) is 1.73. The topological polar surface area (TPSA) is 63.4 Å². The Morgan fingerprint density at radius 2 is 2.05 bits per heavy atom. The Hall–Kier alpha value is -1.95. The number of rotatable bonds is 3. The number of carbonyl (C=O) groups excluding carboxylic acids is 1. The van der Waals surface area contributed by atoms with E-state index in [1.165, 1.54) is 0 Å². The number of hydrogen-bond acceptors (Lipinski definition) is 3. The number of nitrogens with one attached hydrogen (secondary N) is 2. The van der Waals surface area contributed by atoms with Gasteiger partial charge in [-0.05, 0) is 46.6 Å². The highest BCUT2D eigenvalue weighted by Crippen LogP contribution is 2.32. The molecule has 0 aliphatic carbocycles. The molecule has 1 amide bonds. The lowest BCUT2D eigenvalue weighted by Gasteiger charge is -2.21. The summed E-state index contributed by atoms with van der Waals surface area (Å²) in [7, 11) is 0. The molecular formula is C15H15BrN2O3. The van der Waals surface area contributed by atoms with Gasteiger partial charge in [-0.2, -0.15) is 0 Å². The third-order valence-electron chi connectivity index (χ3n) is 3.31. The van der Waals surface area contributed by atoms with Crippen LogP contribution in [0.15, 0.2) is 34.9 Å². The first-order valence-electron chi connectivity index (χ1n) is 6.68. The van der Waals surface area contributed by atoms with Gasteiger partial charge in [-0.25, -0.2) is 0 Å². The summed E-state index contributed by atoms with van der Waals surface area (Å²) in [6, 6.07) is 7.33. The molecule has 21 heavy (non-hydrogen) atoms. The van der Waals surface area contributed by atoms with E-state index in [4.69, 9.17) is 9.47 Å². The quantitative estimate of drug-likeness (QED) is 0.894. The molecule has 0 fully saturated rings. The number of hydrogen-bond donors (Lipinski definition) is 2. The molecule has 2 N–H and O–H groups in total. The van der Waals surface area contributed by atoms with Crippen LogP contribution in [0, 0.1) is 0 Å². The van der Waals surface area contributed by atoms with E-state index in [0.717, 1.165) is 21.5 Å². The Kier molecular flexibility index (Phi) is 3.88. The fraction of sp³-hybridized carbons (Fsp3) is 0.267. The van der Waals surface area contributed by atoms with Crippen molar-refractivity contribution < 1.29 is 14.3 Å². The number of halogens is 1. The molecule has 2 heterocycles. The maximum Gasteiger partial charge on any atom is 0.268 e. The molecule has 1 aromatic heterocycles. The summed E-state index contributed by atoms with van der Waals surface area (Å²) >= 11 is 3.31. The monoisotopic (exact) mass is 350 g/mol. The summed E-state index contributed by atoms with van der Waals surface area (Å²) in [5.74, 6) is 1.32. The number of carbonyl (C=O) groups is 1. The number of H-pyrrole nitrogens is 1. The van der Waals surface area contributed by atoms with Crippen LogP contribution in [0.3, 0.4) is 0 Å². The maximum absolute atomic E-state index is 12.1. The standard InChI is InChI=1S/C15H15BrN2O3/c1-9(18-15(19)12-7-11(16)8-17-12)10-2-3-13-14(6-10)21-5-4-20-13/h2-3,6-9,17H,4-5H2,1H3,(H,18,19). The van der Waals surface area contributed by atoms with Crippen molar-refractivity contribution in [3.8, 4) is 11.5 Å². The van der Waals surface area contributed by atoms with E-state index < -0.39 is 0 Å². The fourth-order valence-corrected chi connectivity index (χ4v) is 2.53. The Morgan fingerprint density at radius 3 is 2.76 bits per heavy atom. The first-order valence-corrected chi connectivity index (χ1v) is 7.47. The number of aromatic nitrogens is 1. The van der Waals surface area contributed by atoms with Crippen molar-refractivity contribution in [1.82, 2.24) is 10.3 Å². The molecule has 1 aliphatic rings. The van der Waals surface area contributed by atoms with Crippen LogP contribution < -0.4 is 14.8 Å². The molecule has 2 aromatic rings. The van der Waals surface area contributed by atoms with Crippen molar-refractivity contribution in [2.45, 2.75) is 13.0 Å². The molecular weight excluding hydrogens is 336 g/mol. The van der Waals surface area contributed by atoms with Crippen LogP contribution in [-0.2, 0) is 0 Å². The van der Waals surface area contributed by atoms with Crippen LogP contribution in [0.4, 0.5) is 0 Å². The SMILES string of the molecule is CC(NC(=O)c1cc(Br)c[nH]1)c1ccc2c(c1)OCCO2. The van der Waals surface area contributed by atoms with Crippen LogP contribution >= 0.6 is 15.9 Å². The van der Waals surface area contributed by atoms with Gasteiger partial charge < -0.3 is 19.8 Å². The molecule has 110 valence electrons. The highest BCUT2D eigenvalue weighted by molar-refractivity contribution is 9.10. The highest BCUT2D eigenvalue weighted by atomic mass is 79.9. The van der Waals surface area contributed by atoms with E-state index >= 15 is 0 Å². The van der Waals surface area contributed by atoms with Crippen molar-refractivity contribution in [3.05, 3.63) is 46.2 Å². The van der Waals surface area contributed by atoms with Crippen molar-refractivity contribution in [2.75, 3.05) is 13.2 Å². The molecule has 0 saturated heterocycles. The van der Waals surface area contributed by atoms with E-state index in [-0.39, 0.29) is 11.9 Å². The lowest BCUT2D eigenvalue weighted by molar-refractivity contribution is 0.0935. The Morgan fingerprint density at radius 1 is 1.29 bits per heavy atom. The van der Waals surface area contributed by atoms with Crippen LogP contribution in [0.2, 0.25) is 0 Å². The molecule has 0 spiro atoms. The van der Waals surface area contributed by atoms with Crippen molar-refractivity contribution >= 4 is 21.8 Å². The number of ether oxygens (including phenoxy) is 2. The maximum atomic E-state index is 12.1. The van der Waals surface area contributed by atoms with Crippen molar-refractivity contribution in [2.24, 2.45) is 0 Å². The van der Waals surface area contributed by atoms with E-state index in [2.05, 4.69) is 26.2 Å². The van der Waals surface area contributed by atoms with Crippen LogP contribution in [0.1, 0.15) is 29.0 Å². The first-order chi connectivity index (χ1) is 10.1. The van der Waals surface area contributed by atoms with Crippen LogP contribution in [0.25, 0.3) is 0 Å². The lowest BCUT2D eigenvalue weighted by atomic mass is 10.1. The van der Waals surface area contributed by atoms with Gasteiger partial charge in [0.2, 0.25) is 0 Å². The van der Waals surface area contributed by atoms with Gasteiger partial charge in [-0.3, -0.25) is 4.79 Å². The summed E-state index contributed by atoms with van der Waals surface area (Å²) in [5, 5.41) is 2.95. The molecule has 0 bridgehead atoms. The number of fused-ring (bicyclic) bond motifs is 1. The molecule has 1 atom stereocenters. The second-order valence-electron chi connectivity index (χ2n) is 4.83. The van der Waals surface area contributed by atoms with Gasteiger partial charge in [0.15, 0.2) is 11.5 Å². The van der Waals surface area contributed by atoms with Gasteiger partial charge in [0.25, 0.3) is 5.91 Å². The summed E-state index contributed by atoms with van der Waals surface area (Å²) in [5.41, 5.74) is 1.49. The molecule has 5 nitrogen and oxygen atoms in total. The zero-order chi connectivity index (χ0) is 14.8. The Labute approximate surface area is 130 Å². The third-order valence-corrected chi connectivity index (χ3v) is 3.76. The van der Waals surface area contributed by atoms with Gasteiger partial charge in [-0.15, -0.1) is 0 Å². The van der Waals surface area contributed by atoms with Crippen LogP contribution in [-0.4, -0.2) is 24.1 Å². The Balaban J connectivity index is 1.73. The largest absolute Gasteiger partial charge is 0.486 e. The van der Waals surface area contributed by atoms with Crippen LogP contribution in [0.5, 0.6) is 11.5 Å². The molecule has 1 aliphatic heterocycles. The third kappa shape index (κ3) is 3.05. The van der Waals surface area contributed by atoms with Gasteiger partial charge in [0.1, 0.15) is 18.9 Å². The zero-order valence-corrected chi connectivity index (χ0v) is 13.1.